The maximum atomic E-state index is 12.3. The molecule has 1 amide bonds. The number of ether oxygens (including phenoxy) is 2. The van der Waals surface area contributed by atoms with E-state index in [1.54, 1.807) is 7.11 Å². The van der Waals surface area contributed by atoms with Crippen molar-refractivity contribution < 1.29 is 18.7 Å². The van der Waals surface area contributed by atoms with E-state index in [-0.39, 0.29) is 18.2 Å². The van der Waals surface area contributed by atoms with Crippen LogP contribution in [-0.4, -0.2) is 28.2 Å². The smallest absolute Gasteiger partial charge is 0.273 e. The SMILES string of the molecule is COc1cc(C)ccc1OCc1nc(C(=O)NCc2n[nH]c3c2CCC3)co1. The monoisotopic (exact) mass is 382 g/mol. The van der Waals surface area contributed by atoms with Crippen LogP contribution in [0.5, 0.6) is 11.5 Å². The van der Waals surface area contributed by atoms with Gasteiger partial charge in [0.2, 0.25) is 5.89 Å². The highest BCUT2D eigenvalue weighted by Crippen LogP contribution is 2.28. The molecule has 0 saturated heterocycles. The van der Waals surface area contributed by atoms with Crippen molar-refractivity contribution in [3.63, 3.8) is 0 Å². The zero-order valence-corrected chi connectivity index (χ0v) is 15.9. The number of fused-ring (bicyclic) bond motifs is 1. The number of aryl methyl sites for hydroxylation is 2. The molecule has 1 aliphatic carbocycles. The van der Waals surface area contributed by atoms with Gasteiger partial charge in [0.05, 0.1) is 19.3 Å². The highest BCUT2D eigenvalue weighted by atomic mass is 16.5. The number of amides is 1. The Hall–Kier alpha value is -3.29. The van der Waals surface area contributed by atoms with Gasteiger partial charge in [0.15, 0.2) is 23.8 Å². The second kappa shape index (κ2) is 7.75. The highest BCUT2D eigenvalue weighted by Gasteiger charge is 2.19. The van der Waals surface area contributed by atoms with Crippen molar-refractivity contribution in [1.29, 1.82) is 0 Å². The Kier molecular flexibility index (Phi) is 5.01. The van der Waals surface area contributed by atoms with Gasteiger partial charge in [-0.05, 0) is 49.4 Å². The van der Waals surface area contributed by atoms with Crippen molar-refractivity contribution in [2.45, 2.75) is 39.3 Å². The number of methoxy groups -OCH3 is 1. The van der Waals surface area contributed by atoms with Gasteiger partial charge in [0, 0.05) is 5.69 Å². The van der Waals surface area contributed by atoms with E-state index in [1.807, 2.05) is 25.1 Å². The predicted molar refractivity (Wildman–Crippen MR) is 100 cm³/mol. The number of benzene rings is 1. The van der Waals surface area contributed by atoms with Gasteiger partial charge in [-0.2, -0.15) is 5.10 Å². The number of hydrogen-bond acceptors (Lipinski definition) is 6. The Labute approximate surface area is 162 Å². The Bertz CT molecular complexity index is 992. The number of aromatic nitrogens is 3. The highest BCUT2D eigenvalue weighted by molar-refractivity contribution is 5.91. The lowest BCUT2D eigenvalue weighted by atomic mass is 10.2. The standard InChI is InChI=1S/C20H22N4O4/c1-12-6-7-17(18(8-12)26-2)27-11-19-22-16(10-28-19)20(25)21-9-15-13-4-3-5-14(13)23-24-15/h6-8,10H,3-5,9,11H2,1-2H3,(H,21,25)(H,23,24). The zero-order valence-electron chi connectivity index (χ0n) is 15.9. The molecule has 146 valence electrons. The van der Waals surface area contributed by atoms with Crippen LogP contribution >= 0.6 is 0 Å². The summed E-state index contributed by atoms with van der Waals surface area (Å²) >= 11 is 0. The maximum Gasteiger partial charge on any atom is 0.273 e. The zero-order chi connectivity index (χ0) is 19.5. The second-order valence-electron chi connectivity index (χ2n) is 6.73. The molecule has 0 spiro atoms. The molecule has 2 heterocycles. The lowest BCUT2D eigenvalue weighted by Crippen LogP contribution is -2.24. The van der Waals surface area contributed by atoms with Crippen LogP contribution in [0.2, 0.25) is 0 Å². The van der Waals surface area contributed by atoms with E-state index in [0.29, 0.717) is 23.9 Å². The van der Waals surface area contributed by atoms with E-state index in [4.69, 9.17) is 13.9 Å². The fraction of sp³-hybridized carbons (Fsp3) is 0.350. The number of hydrogen-bond donors (Lipinski definition) is 2. The molecule has 0 aliphatic heterocycles. The van der Waals surface area contributed by atoms with Crippen LogP contribution in [0.3, 0.4) is 0 Å². The van der Waals surface area contributed by atoms with Crippen LogP contribution in [0, 0.1) is 6.92 Å². The number of aromatic amines is 1. The summed E-state index contributed by atoms with van der Waals surface area (Å²) < 4.78 is 16.4. The van der Waals surface area contributed by atoms with Gasteiger partial charge in [-0.3, -0.25) is 9.89 Å². The predicted octanol–water partition coefficient (Wildman–Crippen LogP) is 2.71. The molecule has 3 aromatic rings. The van der Waals surface area contributed by atoms with Crippen LogP contribution in [-0.2, 0) is 26.0 Å². The van der Waals surface area contributed by atoms with E-state index >= 15 is 0 Å². The molecular weight excluding hydrogens is 360 g/mol. The number of H-pyrrole nitrogens is 1. The largest absolute Gasteiger partial charge is 0.493 e. The first-order valence-corrected chi connectivity index (χ1v) is 9.19. The third kappa shape index (κ3) is 3.71. The third-order valence-electron chi connectivity index (χ3n) is 4.76. The van der Waals surface area contributed by atoms with Gasteiger partial charge < -0.3 is 19.2 Å². The van der Waals surface area contributed by atoms with E-state index in [2.05, 4.69) is 20.5 Å². The van der Waals surface area contributed by atoms with Gasteiger partial charge in [-0.15, -0.1) is 0 Å². The summed E-state index contributed by atoms with van der Waals surface area (Å²) in [7, 11) is 1.59. The van der Waals surface area contributed by atoms with Crippen LogP contribution in [0.1, 0.15) is 45.3 Å². The van der Waals surface area contributed by atoms with Crippen LogP contribution < -0.4 is 14.8 Å². The summed E-state index contributed by atoms with van der Waals surface area (Å²) in [5, 5.41) is 10.2. The number of nitrogens with one attached hydrogen (secondary N) is 2. The molecule has 0 fully saturated rings. The van der Waals surface area contributed by atoms with Gasteiger partial charge >= 0.3 is 0 Å². The Morgan fingerprint density at radius 2 is 2.21 bits per heavy atom. The van der Waals surface area contributed by atoms with Crippen LogP contribution in [0.15, 0.2) is 28.9 Å². The van der Waals surface area contributed by atoms with Crippen molar-refractivity contribution >= 4 is 5.91 Å². The number of carbonyl (C=O) groups is 1. The molecule has 8 nitrogen and oxygen atoms in total. The molecule has 1 aliphatic rings. The maximum absolute atomic E-state index is 12.3. The van der Waals surface area contributed by atoms with Crippen molar-refractivity contribution in [2.75, 3.05) is 7.11 Å². The average Bonchev–Trinajstić information content (AvgIpc) is 3.42. The number of oxazole rings is 1. The molecule has 0 saturated carbocycles. The molecule has 8 heteroatoms. The second-order valence-corrected chi connectivity index (χ2v) is 6.73. The molecule has 28 heavy (non-hydrogen) atoms. The van der Waals surface area contributed by atoms with Crippen molar-refractivity contribution in [2.24, 2.45) is 0 Å². The third-order valence-corrected chi connectivity index (χ3v) is 4.76. The molecule has 0 bridgehead atoms. The first kappa shape index (κ1) is 18.1. The molecule has 0 unspecified atom stereocenters. The summed E-state index contributed by atoms with van der Waals surface area (Å²) in [6, 6.07) is 5.64. The summed E-state index contributed by atoms with van der Waals surface area (Å²) in [5.41, 5.74) is 4.57. The molecule has 1 aromatic carbocycles. The normalized spacial score (nSPS) is 12.6. The van der Waals surface area contributed by atoms with Crippen molar-refractivity contribution in [1.82, 2.24) is 20.5 Å². The lowest BCUT2D eigenvalue weighted by Gasteiger charge is -2.09. The minimum atomic E-state index is -0.308. The minimum Gasteiger partial charge on any atom is -0.493 e. The summed E-state index contributed by atoms with van der Waals surface area (Å²) in [5.74, 6) is 1.23. The summed E-state index contributed by atoms with van der Waals surface area (Å²) in [6.45, 7) is 2.44. The Balaban J connectivity index is 1.34. The van der Waals surface area contributed by atoms with Gasteiger partial charge in [-0.1, -0.05) is 6.07 Å². The van der Waals surface area contributed by atoms with Gasteiger partial charge in [0.1, 0.15) is 6.26 Å². The van der Waals surface area contributed by atoms with Crippen molar-refractivity contribution in [3.8, 4) is 11.5 Å². The first-order chi connectivity index (χ1) is 13.6. The molecular formula is C20H22N4O4. The number of carbonyl (C=O) groups excluding carboxylic acids is 1. The molecule has 2 N–H and O–H groups in total. The van der Waals surface area contributed by atoms with E-state index in [1.165, 1.54) is 17.5 Å². The Morgan fingerprint density at radius 1 is 1.32 bits per heavy atom. The number of rotatable bonds is 7. The molecule has 0 atom stereocenters. The van der Waals surface area contributed by atoms with E-state index in [0.717, 1.165) is 30.5 Å². The summed E-state index contributed by atoms with van der Waals surface area (Å²) in [6.07, 6.45) is 4.48. The first-order valence-electron chi connectivity index (χ1n) is 9.19. The topological polar surface area (TPSA) is 102 Å². The Morgan fingerprint density at radius 3 is 3.07 bits per heavy atom. The van der Waals surface area contributed by atoms with E-state index in [9.17, 15) is 4.79 Å². The van der Waals surface area contributed by atoms with Crippen molar-refractivity contribution in [3.05, 3.63) is 58.6 Å². The van der Waals surface area contributed by atoms with Crippen LogP contribution in [0.25, 0.3) is 0 Å². The number of nitrogens with zero attached hydrogens (tertiary/aromatic N) is 2. The van der Waals surface area contributed by atoms with Gasteiger partial charge in [-0.25, -0.2) is 4.98 Å². The molecule has 2 aromatic heterocycles. The lowest BCUT2D eigenvalue weighted by molar-refractivity contribution is 0.0945. The fourth-order valence-electron chi connectivity index (χ4n) is 3.30. The van der Waals surface area contributed by atoms with Gasteiger partial charge in [0.25, 0.3) is 5.91 Å². The minimum absolute atomic E-state index is 0.0968. The quantitative estimate of drug-likeness (QED) is 0.651. The molecule has 4 rings (SSSR count). The van der Waals surface area contributed by atoms with Crippen LogP contribution in [0.4, 0.5) is 0 Å². The summed E-state index contributed by atoms with van der Waals surface area (Å²) in [4.78, 5) is 16.5. The fourth-order valence-corrected chi connectivity index (χ4v) is 3.30. The average molecular weight is 382 g/mol. The van der Waals surface area contributed by atoms with E-state index < -0.39 is 0 Å². The molecule has 0 radical (unpaired) electrons.